The molecule has 2 heterocycles. The lowest BCUT2D eigenvalue weighted by Crippen LogP contribution is -2.45. The first-order chi connectivity index (χ1) is 13.5. The Morgan fingerprint density at radius 1 is 1.21 bits per heavy atom. The van der Waals surface area contributed by atoms with Gasteiger partial charge in [0.05, 0.1) is 25.6 Å². The third-order valence-corrected chi connectivity index (χ3v) is 5.42. The van der Waals surface area contributed by atoms with Crippen LogP contribution < -0.4 is 4.74 Å². The van der Waals surface area contributed by atoms with Crippen LogP contribution in [0.4, 0.5) is 0 Å². The van der Waals surface area contributed by atoms with Crippen LogP contribution in [-0.2, 0) is 25.7 Å². The first-order valence-corrected chi connectivity index (χ1v) is 9.88. The summed E-state index contributed by atoms with van der Waals surface area (Å²) in [4.78, 5) is 40.9. The number of likely N-dealkylation sites (tertiary alicyclic amines) is 2. The van der Waals surface area contributed by atoms with Crippen LogP contribution in [0, 0.1) is 11.8 Å². The highest BCUT2D eigenvalue weighted by atomic mass is 16.5. The van der Waals surface area contributed by atoms with Crippen LogP contribution in [0.15, 0.2) is 24.3 Å². The van der Waals surface area contributed by atoms with Gasteiger partial charge in [0.15, 0.2) is 0 Å². The minimum Gasteiger partial charge on any atom is -0.497 e. The van der Waals surface area contributed by atoms with E-state index in [2.05, 4.69) is 0 Å². The topological polar surface area (TPSA) is 76.2 Å². The van der Waals surface area contributed by atoms with Crippen LogP contribution in [0.25, 0.3) is 0 Å². The summed E-state index contributed by atoms with van der Waals surface area (Å²) in [5, 5.41) is 0. The van der Waals surface area contributed by atoms with Gasteiger partial charge in [0.1, 0.15) is 5.75 Å². The van der Waals surface area contributed by atoms with E-state index in [1.165, 1.54) is 0 Å². The van der Waals surface area contributed by atoms with Crippen LogP contribution in [0.3, 0.4) is 0 Å². The maximum atomic E-state index is 12.9. The molecule has 2 amide bonds. The van der Waals surface area contributed by atoms with Crippen molar-refractivity contribution in [2.24, 2.45) is 11.8 Å². The lowest BCUT2D eigenvalue weighted by atomic mass is 9.96. The number of ether oxygens (including phenoxy) is 2. The number of piperidine rings is 1. The molecule has 0 spiro atoms. The smallest absolute Gasteiger partial charge is 0.310 e. The van der Waals surface area contributed by atoms with Gasteiger partial charge >= 0.3 is 5.97 Å². The highest BCUT2D eigenvalue weighted by Gasteiger charge is 2.38. The number of nitrogens with zero attached hydrogens (tertiary/aromatic N) is 2. The number of carbonyl (C=O) groups excluding carboxylic acids is 3. The Labute approximate surface area is 165 Å². The van der Waals surface area contributed by atoms with Crippen molar-refractivity contribution in [1.82, 2.24) is 9.80 Å². The molecule has 0 aromatic heterocycles. The van der Waals surface area contributed by atoms with Gasteiger partial charge in [-0.1, -0.05) is 12.1 Å². The maximum Gasteiger partial charge on any atom is 0.310 e. The predicted molar refractivity (Wildman–Crippen MR) is 102 cm³/mol. The number of rotatable bonds is 6. The zero-order chi connectivity index (χ0) is 20.1. The molecule has 152 valence electrons. The summed E-state index contributed by atoms with van der Waals surface area (Å²) in [6, 6.07) is 7.59. The Morgan fingerprint density at radius 3 is 2.79 bits per heavy atom. The van der Waals surface area contributed by atoms with E-state index in [4.69, 9.17) is 9.47 Å². The van der Waals surface area contributed by atoms with E-state index in [0.29, 0.717) is 32.8 Å². The van der Waals surface area contributed by atoms with Gasteiger partial charge in [-0.25, -0.2) is 0 Å². The SMILES string of the molecule is CCOC(=O)C1CCCN(C(=O)C2CC(=O)N(Cc3cccc(OC)c3)C2)C1. The molecule has 2 saturated heterocycles. The molecule has 0 radical (unpaired) electrons. The van der Waals surface area contributed by atoms with Crippen LogP contribution in [0.5, 0.6) is 5.75 Å². The number of hydrogen-bond acceptors (Lipinski definition) is 5. The molecule has 2 aliphatic rings. The summed E-state index contributed by atoms with van der Waals surface area (Å²) in [6.45, 7) is 4.03. The summed E-state index contributed by atoms with van der Waals surface area (Å²) in [7, 11) is 1.61. The molecule has 1 aromatic carbocycles. The van der Waals surface area contributed by atoms with Gasteiger partial charge < -0.3 is 19.3 Å². The maximum absolute atomic E-state index is 12.9. The van der Waals surface area contributed by atoms with Crippen LogP contribution in [-0.4, -0.2) is 60.9 Å². The fraction of sp³-hybridized carbons (Fsp3) is 0.571. The Bertz CT molecular complexity index is 735. The first-order valence-electron chi connectivity index (χ1n) is 9.88. The molecule has 3 rings (SSSR count). The average Bonchev–Trinajstić information content (AvgIpc) is 3.08. The van der Waals surface area contributed by atoms with Crippen molar-refractivity contribution < 1.29 is 23.9 Å². The highest BCUT2D eigenvalue weighted by Crippen LogP contribution is 2.26. The van der Waals surface area contributed by atoms with Gasteiger partial charge in [0, 0.05) is 32.6 Å². The highest BCUT2D eigenvalue weighted by molar-refractivity contribution is 5.89. The van der Waals surface area contributed by atoms with Gasteiger partial charge in [-0.2, -0.15) is 0 Å². The molecule has 0 N–H and O–H groups in total. The number of methoxy groups -OCH3 is 1. The van der Waals surface area contributed by atoms with Crippen molar-refractivity contribution in [3.63, 3.8) is 0 Å². The number of esters is 1. The largest absolute Gasteiger partial charge is 0.497 e. The van der Waals surface area contributed by atoms with Crippen LogP contribution in [0.1, 0.15) is 31.7 Å². The fourth-order valence-electron chi connectivity index (χ4n) is 3.97. The molecule has 28 heavy (non-hydrogen) atoms. The zero-order valence-electron chi connectivity index (χ0n) is 16.6. The second kappa shape index (κ2) is 9.08. The van der Waals surface area contributed by atoms with Crippen molar-refractivity contribution in [1.29, 1.82) is 0 Å². The van der Waals surface area contributed by atoms with Gasteiger partial charge in [-0.05, 0) is 37.5 Å². The van der Waals surface area contributed by atoms with E-state index >= 15 is 0 Å². The normalized spacial score (nSPS) is 22.3. The Morgan fingerprint density at radius 2 is 2.04 bits per heavy atom. The van der Waals surface area contributed by atoms with Crippen molar-refractivity contribution in [2.75, 3.05) is 33.4 Å². The average molecular weight is 388 g/mol. The standard InChI is InChI=1S/C21H28N2O5/c1-3-28-21(26)16-7-5-9-22(13-16)20(25)17-11-19(24)23(14-17)12-15-6-4-8-18(10-15)27-2/h4,6,8,10,16-17H,3,5,7,9,11-14H2,1-2H3. The molecule has 1 aromatic rings. The van der Waals surface area contributed by atoms with Crippen molar-refractivity contribution in [3.8, 4) is 5.75 Å². The summed E-state index contributed by atoms with van der Waals surface area (Å²) in [5.41, 5.74) is 0.973. The van der Waals surface area contributed by atoms with Gasteiger partial charge in [0.25, 0.3) is 0 Å². The Balaban J connectivity index is 1.59. The molecule has 2 unspecified atom stereocenters. The molecule has 0 bridgehead atoms. The molecule has 0 aliphatic carbocycles. The summed E-state index contributed by atoms with van der Waals surface area (Å²) in [5.74, 6) is -0.144. The van der Waals surface area contributed by atoms with E-state index in [1.54, 1.807) is 23.8 Å². The zero-order valence-corrected chi connectivity index (χ0v) is 16.6. The van der Waals surface area contributed by atoms with E-state index < -0.39 is 0 Å². The molecule has 7 nitrogen and oxygen atoms in total. The van der Waals surface area contributed by atoms with Gasteiger partial charge in [-0.15, -0.1) is 0 Å². The fourth-order valence-corrected chi connectivity index (χ4v) is 3.97. The molecule has 2 fully saturated rings. The molecular formula is C21H28N2O5. The third-order valence-electron chi connectivity index (χ3n) is 5.42. The Hall–Kier alpha value is -2.57. The predicted octanol–water partition coefficient (Wildman–Crippen LogP) is 1.85. The van der Waals surface area contributed by atoms with Crippen molar-refractivity contribution in [3.05, 3.63) is 29.8 Å². The van der Waals surface area contributed by atoms with E-state index in [1.807, 2.05) is 24.3 Å². The van der Waals surface area contributed by atoms with Gasteiger partial charge in [0.2, 0.25) is 11.8 Å². The summed E-state index contributed by atoms with van der Waals surface area (Å²) >= 11 is 0. The number of benzene rings is 1. The minimum absolute atomic E-state index is 0.0138. The quantitative estimate of drug-likeness (QED) is 0.695. The molecule has 7 heteroatoms. The second-order valence-electron chi connectivity index (χ2n) is 7.40. The lowest BCUT2D eigenvalue weighted by Gasteiger charge is -2.33. The van der Waals surface area contributed by atoms with E-state index in [-0.39, 0.29) is 36.0 Å². The van der Waals surface area contributed by atoms with Crippen molar-refractivity contribution >= 4 is 17.8 Å². The molecule has 2 aliphatic heterocycles. The monoisotopic (exact) mass is 388 g/mol. The van der Waals surface area contributed by atoms with E-state index in [0.717, 1.165) is 24.2 Å². The second-order valence-corrected chi connectivity index (χ2v) is 7.40. The molecule has 0 saturated carbocycles. The van der Waals surface area contributed by atoms with Crippen LogP contribution >= 0.6 is 0 Å². The first kappa shape index (κ1) is 20.2. The summed E-state index contributed by atoms with van der Waals surface area (Å²) < 4.78 is 10.3. The van der Waals surface area contributed by atoms with Gasteiger partial charge in [-0.3, -0.25) is 14.4 Å². The lowest BCUT2D eigenvalue weighted by molar-refractivity contribution is -0.152. The minimum atomic E-state index is -0.348. The molecular weight excluding hydrogens is 360 g/mol. The molecule has 2 atom stereocenters. The Kier molecular flexibility index (Phi) is 6.54. The number of amides is 2. The van der Waals surface area contributed by atoms with E-state index in [9.17, 15) is 14.4 Å². The third kappa shape index (κ3) is 4.64. The number of carbonyl (C=O) groups is 3. The van der Waals surface area contributed by atoms with Crippen molar-refractivity contribution in [2.45, 2.75) is 32.7 Å². The summed E-state index contributed by atoms with van der Waals surface area (Å²) in [6.07, 6.45) is 1.75. The van der Waals surface area contributed by atoms with Crippen LogP contribution in [0.2, 0.25) is 0 Å². The number of hydrogen-bond donors (Lipinski definition) is 0.